The Morgan fingerprint density at radius 2 is 1.55 bits per heavy atom. The van der Waals surface area contributed by atoms with Gasteiger partial charge in [-0.1, -0.05) is 23.7 Å². The van der Waals surface area contributed by atoms with Crippen LogP contribution in [0.5, 0.6) is 0 Å². The van der Waals surface area contributed by atoms with Crippen LogP contribution >= 0.6 is 11.6 Å². The van der Waals surface area contributed by atoms with Gasteiger partial charge in [-0.05, 0) is 55.5 Å². The molecular formula is C22H26ClN3O3. The molecule has 2 aliphatic rings. The number of hydrogen-bond donors (Lipinski definition) is 1. The predicted molar refractivity (Wildman–Crippen MR) is 114 cm³/mol. The minimum absolute atomic E-state index is 0.130. The Hall–Kier alpha value is -2.15. The highest BCUT2D eigenvalue weighted by molar-refractivity contribution is 6.30. The molecule has 6 nitrogen and oxygen atoms in total. The summed E-state index contributed by atoms with van der Waals surface area (Å²) in [5.41, 5.74) is 1.37. The molecule has 0 amide bonds. The summed E-state index contributed by atoms with van der Waals surface area (Å²) in [6, 6.07) is 14.9. The number of rotatable bonds is 4. The van der Waals surface area contributed by atoms with Crippen molar-refractivity contribution in [3.63, 3.8) is 0 Å². The van der Waals surface area contributed by atoms with Gasteiger partial charge in [0.25, 0.3) is 5.69 Å². The molecule has 0 saturated carbocycles. The molecule has 2 saturated heterocycles. The maximum atomic E-state index is 11.1. The molecule has 0 unspecified atom stereocenters. The standard InChI is InChI=1S/C22H26ClN3O3/c23-18-3-1-17(2-4-18)22(27)11-15-25(16-12-22)20-9-13-24(14-10-20)19-5-7-21(8-6-19)26(28)29/h1-8,20,27H,9-16H2. The maximum absolute atomic E-state index is 11.1. The van der Waals surface area contributed by atoms with Crippen molar-refractivity contribution in [1.29, 1.82) is 0 Å². The van der Waals surface area contributed by atoms with E-state index in [4.69, 9.17) is 11.6 Å². The highest BCUT2D eigenvalue weighted by atomic mass is 35.5. The molecule has 1 N–H and O–H groups in total. The summed E-state index contributed by atoms with van der Waals surface area (Å²) in [7, 11) is 0. The lowest BCUT2D eigenvalue weighted by molar-refractivity contribution is -0.384. The lowest BCUT2D eigenvalue weighted by Crippen LogP contribution is -2.50. The Bertz CT molecular complexity index is 841. The molecule has 0 aliphatic carbocycles. The zero-order valence-electron chi connectivity index (χ0n) is 16.3. The highest BCUT2D eigenvalue weighted by Gasteiger charge is 2.36. The van der Waals surface area contributed by atoms with Gasteiger partial charge in [0.2, 0.25) is 0 Å². The number of hydrogen-bond acceptors (Lipinski definition) is 5. The monoisotopic (exact) mass is 415 g/mol. The Kier molecular flexibility index (Phi) is 5.76. The number of nitro groups is 1. The van der Waals surface area contributed by atoms with Crippen LogP contribution in [-0.4, -0.2) is 47.2 Å². The van der Waals surface area contributed by atoms with Gasteiger partial charge in [0.15, 0.2) is 0 Å². The summed E-state index contributed by atoms with van der Waals surface area (Å²) in [6.07, 6.45) is 3.60. The molecule has 2 fully saturated rings. The Morgan fingerprint density at radius 3 is 2.10 bits per heavy atom. The van der Waals surface area contributed by atoms with Crippen molar-refractivity contribution >= 4 is 23.0 Å². The van der Waals surface area contributed by atoms with Crippen LogP contribution < -0.4 is 4.90 Å². The van der Waals surface area contributed by atoms with Gasteiger partial charge in [-0.15, -0.1) is 0 Å². The molecule has 0 atom stereocenters. The van der Waals surface area contributed by atoms with Crippen molar-refractivity contribution < 1.29 is 10.0 Å². The molecule has 4 rings (SSSR count). The summed E-state index contributed by atoms with van der Waals surface area (Å²) in [5, 5.41) is 22.6. The largest absolute Gasteiger partial charge is 0.385 e. The number of halogens is 1. The van der Waals surface area contributed by atoms with Crippen LogP contribution in [0.4, 0.5) is 11.4 Å². The van der Waals surface area contributed by atoms with Crippen molar-refractivity contribution in [1.82, 2.24) is 4.90 Å². The highest BCUT2D eigenvalue weighted by Crippen LogP contribution is 2.35. The van der Waals surface area contributed by atoms with Crippen molar-refractivity contribution in [2.45, 2.75) is 37.3 Å². The van der Waals surface area contributed by atoms with Crippen LogP contribution in [0.15, 0.2) is 48.5 Å². The Balaban J connectivity index is 1.31. The van der Waals surface area contributed by atoms with Crippen LogP contribution in [0, 0.1) is 10.1 Å². The SMILES string of the molecule is O=[N+]([O-])c1ccc(N2CCC(N3CCC(O)(c4ccc(Cl)cc4)CC3)CC2)cc1. The Morgan fingerprint density at radius 1 is 0.966 bits per heavy atom. The maximum Gasteiger partial charge on any atom is 0.269 e. The molecule has 2 aromatic rings. The van der Waals surface area contributed by atoms with E-state index in [1.54, 1.807) is 12.1 Å². The summed E-state index contributed by atoms with van der Waals surface area (Å²) in [4.78, 5) is 15.3. The van der Waals surface area contributed by atoms with Crippen LogP contribution in [0.25, 0.3) is 0 Å². The van der Waals surface area contributed by atoms with Gasteiger partial charge in [-0.3, -0.25) is 10.1 Å². The van der Waals surface area contributed by atoms with Crippen molar-refractivity contribution in [3.8, 4) is 0 Å². The molecule has 2 heterocycles. The lowest BCUT2D eigenvalue weighted by atomic mass is 9.83. The molecule has 154 valence electrons. The lowest BCUT2D eigenvalue weighted by Gasteiger charge is -2.45. The minimum Gasteiger partial charge on any atom is -0.385 e. The van der Waals surface area contributed by atoms with E-state index in [2.05, 4.69) is 9.80 Å². The number of likely N-dealkylation sites (tertiary alicyclic amines) is 1. The van der Waals surface area contributed by atoms with Crippen molar-refractivity contribution in [2.24, 2.45) is 0 Å². The number of aliphatic hydroxyl groups is 1. The van der Waals surface area contributed by atoms with Gasteiger partial charge >= 0.3 is 0 Å². The molecule has 29 heavy (non-hydrogen) atoms. The van der Waals surface area contributed by atoms with Gasteiger partial charge in [0.1, 0.15) is 0 Å². The first-order valence-corrected chi connectivity index (χ1v) is 10.5. The van der Waals surface area contributed by atoms with Crippen LogP contribution in [0.3, 0.4) is 0 Å². The molecule has 2 aromatic carbocycles. The first kappa shape index (κ1) is 20.1. The molecule has 2 aliphatic heterocycles. The second-order valence-corrected chi connectivity index (χ2v) is 8.50. The van der Waals surface area contributed by atoms with Crippen molar-refractivity contribution in [2.75, 3.05) is 31.1 Å². The number of nitrogens with zero attached hydrogens (tertiary/aromatic N) is 3. The van der Waals surface area contributed by atoms with E-state index in [9.17, 15) is 15.2 Å². The van der Waals surface area contributed by atoms with E-state index >= 15 is 0 Å². The predicted octanol–water partition coefficient (Wildman–Crippen LogP) is 4.20. The zero-order valence-corrected chi connectivity index (χ0v) is 17.1. The van der Waals surface area contributed by atoms with Gasteiger partial charge in [0.05, 0.1) is 10.5 Å². The molecular weight excluding hydrogens is 390 g/mol. The normalized spacial score (nSPS) is 20.6. The molecule has 7 heteroatoms. The van der Waals surface area contributed by atoms with E-state index in [1.807, 2.05) is 36.4 Å². The molecule has 0 aromatic heterocycles. The number of anilines is 1. The number of piperidine rings is 2. The van der Waals surface area contributed by atoms with E-state index in [1.165, 1.54) is 0 Å². The fourth-order valence-electron chi connectivity index (χ4n) is 4.58. The average Bonchev–Trinajstić information content (AvgIpc) is 2.75. The second-order valence-electron chi connectivity index (χ2n) is 8.07. The van der Waals surface area contributed by atoms with Crippen LogP contribution in [0.1, 0.15) is 31.2 Å². The third-order valence-corrected chi connectivity index (χ3v) is 6.67. The number of non-ortho nitro benzene ring substituents is 1. The summed E-state index contributed by atoms with van der Waals surface area (Å²) >= 11 is 5.97. The second kappa shape index (κ2) is 8.30. The third kappa shape index (κ3) is 4.39. The zero-order chi connectivity index (χ0) is 20.4. The molecule has 0 bridgehead atoms. The van der Waals surface area contributed by atoms with Gasteiger partial charge in [-0.25, -0.2) is 0 Å². The summed E-state index contributed by atoms with van der Waals surface area (Å²) < 4.78 is 0. The fourth-order valence-corrected chi connectivity index (χ4v) is 4.71. The van der Waals surface area contributed by atoms with E-state index in [0.717, 1.165) is 63.1 Å². The smallest absolute Gasteiger partial charge is 0.269 e. The van der Waals surface area contributed by atoms with Gasteiger partial charge in [-0.2, -0.15) is 0 Å². The van der Waals surface area contributed by atoms with Crippen LogP contribution in [-0.2, 0) is 5.60 Å². The van der Waals surface area contributed by atoms with Gasteiger partial charge in [0, 0.05) is 55.1 Å². The van der Waals surface area contributed by atoms with E-state index in [0.29, 0.717) is 11.1 Å². The van der Waals surface area contributed by atoms with Crippen molar-refractivity contribution in [3.05, 3.63) is 69.2 Å². The topological polar surface area (TPSA) is 69.9 Å². The first-order valence-electron chi connectivity index (χ1n) is 10.2. The summed E-state index contributed by atoms with van der Waals surface area (Å²) in [5.74, 6) is 0. The Labute approximate surface area is 175 Å². The number of nitro benzene ring substituents is 1. The fraction of sp³-hybridized carbons (Fsp3) is 0.455. The van der Waals surface area contributed by atoms with Crippen LogP contribution in [0.2, 0.25) is 5.02 Å². The molecule has 0 spiro atoms. The first-order chi connectivity index (χ1) is 13.9. The minimum atomic E-state index is -0.763. The average molecular weight is 416 g/mol. The number of benzene rings is 2. The molecule has 0 radical (unpaired) electrons. The van der Waals surface area contributed by atoms with E-state index < -0.39 is 5.60 Å². The van der Waals surface area contributed by atoms with Gasteiger partial charge < -0.3 is 14.9 Å². The third-order valence-electron chi connectivity index (χ3n) is 6.41. The van der Waals surface area contributed by atoms with E-state index in [-0.39, 0.29) is 10.6 Å². The summed E-state index contributed by atoms with van der Waals surface area (Å²) in [6.45, 7) is 3.67. The quantitative estimate of drug-likeness (QED) is 0.598.